The monoisotopic (exact) mass is 449 g/mol. The zero-order valence-electron chi connectivity index (χ0n) is 18.0. The summed E-state index contributed by atoms with van der Waals surface area (Å²) in [5, 5.41) is 1.28. The van der Waals surface area contributed by atoms with E-state index in [0.717, 1.165) is 11.1 Å². The summed E-state index contributed by atoms with van der Waals surface area (Å²) in [5.74, 6) is -1.19. The van der Waals surface area contributed by atoms with Gasteiger partial charge in [-0.05, 0) is 55.7 Å². The number of benzene rings is 2. The van der Waals surface area contributed by atoms with E-state index in [9.17, 15) is 18.0 Å². The highest BCUT2D eigenvalue weighted by Crippen LogP contribution is 2.27. The van der Waals surface area contributed by atoms with E-state index in [4.69, 9.17) is 9.57 Å². The normalized spacial score (nSPS) is 11.7. The maximum atomic E-state index is 12.8. The van der Waals surface area contributed by atoms with Gasteiger partial charge in [-0.3, -0.25) is 9.63 Å². The minimum atomic E-state index is -4.62. The lowest BCUT2D eigenvalue weighted by Crippen LogP contribution is -2.31. The molecule has 2 aromatic carbocycles. The number of hydrogen-bond acceptors (Lipinski definition) is 4. The summed E-state index contributed by atoms with van der Waals surface area (Å²) in [5.41, 5.74) is 2.30. The number of carbonyl (C=O) groups is 1. The van der Waals surface area contributed by atoms with Crippen LogP contribution in [0, 0.1) is 0 Å². The van der Waals surface area contributed by atoms with Gasteiger partial charge in [0.25, 0.3) is 5.91 Å². The predicted octanol–water partition coefficient (Wildman–Crippen LogP) is 5.68. The number of nitrogens with zero attached hydrogens (tertiary/aromatic N) is 1. The second kappa shape index (κ2) is 12.0. The van der Waals surface area contributed by atoms with Crippen molar-refractivity contribution >= 4 is 5.91 Å². The summed E-state index contributed by atoms with van der Waals surface area (Å²) in [6.07, 6.45) is -1.97. The Morgan fingerprint density at radius 1 is 1.09 bits per heavy atom. The van der Waals surface area contributed by atoms with E-state index >= 15 is 0 Å². The van der Waals surface area contributed by atoms with Crippen LogP contribution in [0.1, 0.15) is 35.3 Å². The summed E-state index contributed by atoms with van der Waals surface area (Å²) < 4.78 is 48.2. The standard InChI is InChI=1S/C24H26F3NO4/c1-4-14-32-28(5-2)23(29)20-9-7-8-19(16-20)15-18-10-12-21(13-11-18)31-17-22(30-6-3)24(25,26)27/h4,7-13,16-17H,1,5-6,14-15H2,2-3H3/b22-17-. The van der Waals surface area contributed by atoms with Crippen LogP contribution in [0.3, 0.4) is 0 Å². The highest BCUT2D eigenvalue weighted by atomic mass is 19.4. The fourth-order valence-electron chi connectivity index (χ4n) is 2.78. The highest BCUT2D eigenvalue weighted by Gasteiger charge is 2.36. The first-order valence-corrected chi connectivity index (χ1v) is 10.1. The molecule has 0 atom stereocenters. The van der Waals surface area contributed by atoms with Gasteiger partial charge in [-0.2, -0.15) is 13.2 Å². The molecule has 0 unspecified atom stereocenters. The van der Waals surface area contributed by atoms with Gasteiger partial charge in [0.15, 0.2) is 0 Å². The van der Waals surface area contributed by atoms with Crippen LogP contribution in [-0.4, -0.2) is 36.9 Å². The van der Waals surface area contributed by atoms with Gasteiger partial charge in [0, 0.05) is 12.1 Å². The van der Waals surface area contributed by atoms with Gasteiger partial charge in [0.1, 0.15) is 12.0 Å². The van der Waals surface area contributed by atoms with E-state index < -0.39 is 11.9 Å². The molecular formula is C24H26F3NO4. The molecule has 0 saturated carbocycles. The molecule has 0 saturated heterocycles. The largest absolute Gasteiger partial charge is 0.487 e. The van der Waals surface area contributed by atoms with Gasteiger partial charge < -0.3 is 9.47 Å². The molecule has 5 nitrogen and oxygen atoms in total. The maximum Gasteiger partial charge on any atom is 0.452 e. The zero-order valence-corrected chi connectivity index (χ0v) is 18.0. The van der Waals surface area contributed by atoms with Gasteiger partial charge in [0.2, 0.25) is 5.76 Å². The number of hydroxylamine groups is 2. The molecule has 0 radical (unpaired) electrons. The summed E-state index contributed by atoms with van der Waals surface area (Å²) in [7, 11) is 0. The molecule has 0 aliphatic heterocycles. The van der Waals surface area contributed by atoms with Crippen LogP contribution in [0.4, 0.5) is 13.2 Å². The van der Waals surface area contributed by atoms with Crippen LogP contribution in [-0.2, 0) is 16.0 Å². The molecule has 0 heterocycles. The highest BCUT2D eigenvalue weighted by molar-refractivity contribution is 5.93. The Balaban J connectivity index is 2.07. The fourth-order valence-corrected chi connectivity index (χ4v) is 2.78. The summed E-state index contributed by atoms with van der Waals surface area (Å²) in [6.45, 7) is 7.36. The number of ether oxygens (including phenoxy) is 2. The molecule has 0 aliphatic rings. The van der Waals surface area contributed by atoms with Gasteiger partial charge in [-0.1, -0.05) is 30.3 Å². The number of rotatable bonds is 11. The average Bonchev–Trinajstić information content (AvgIpc) is 2.77. The third-order valence-corrected chi connectivity index (χ3v) is 4.25. The number of amides is 1. The van der Waals surface area contributed by atoms with Crippen molar-refractivity contribution in [3.63, 3.8) is 0 Å². The molecule has 32 heavy (non-hydrogen) atoms. The number of allylic oxidation sites excluding steroid dienone is 1. The minimum absolute atomic E-state index is 0.119. The topological polar surface area (TPSA) is 48.0 Å². The predicted molar refractivity (Wildman–Crippen MR) is 115 cm³/mol. The molecule has 0 aliphatic carbocycles. The quantitative estimate of drug-likeness (QED) is 0.252. The van der Waals surface area contributed by atoms with Crippen LogP contribution in [0.5, 0.6) is 5.75 Å². The van der Waals surface area contributed by atoms with Crippen molar-refractivity contribution in [2.45, 2.75) is 26.4 Å². The van der Waals surface area contributed by atoms with Crippen molar-refractivity contribution in [2.75, 3.05) is 19.8 Å². The van der Waals surface area contributed by atoms with Crippen LogP contribution < -0.4 is 4.74 Å². The first-order chi connectivity index (χ1) is 15.3. The Morgan fingerprint density at radius 3 is 2.41 bits per heavy atom. The number of alkyl halides is 3. The average molecular weight is 449 g/mol. The van der Waals surface area contributed by atoms with Gasteiger partial charge >= 0.3 is 6.18 Å². The molecule has 0 aromatic heterocycles. The van der Waals surface area contributed by atoms with E-state index in [1.807, 2.05) is 13.0 Å². The Hall–Kier alpha value is -3.26. The Morgan fingerprint density at radius 2 is 1.81 bits per heavy atom. The summed E-state index contributed by atoms with van der Waals surface area (Å²) >= 11 is 0. The smallest absolute Gasteiger partial charge is 0.452 e. The molecule has 8 heteroatoms. The Kier molecular flexibility index (Phi) is 9.34. The second-order valence-corrected chi connectivity index (χ2v) is 6.64. The first kappa shape index (κ1) is 25.0. The molecule has 0 spiro atoms. The Labute approximate surface area is 185 Å². The first-order valence-electron chi connectivity index (χ1n) is 10.1. The van der Waals surface area contributed by atoms with Crippen molar-refractivity contribution in [1.29, 1.82) is 0 Å². The van der Waals surface area contributed by atoms with Gasteiger partial charge in [0.05, 0.1) is 13.2 Å². The van der Waals surface area contributed by atoms with Crippen molar-refractivity contribution in [3.05, 3.63) is 89.9 Å². The lowest BCUT2D eigenvalue weighted by molar-refractivity contribution is -0.132. The molecule has 2 aromatic rings. The van der Waals surface area contributed by atoms with Crippen molar-refractivity contribution in [1.82, 2.24) is 5.06 Å². The van der Waals surface area contributed by atoms with Gasteiger partial charge in [-0.15, -0.1) is 6.58 Å². The van der Waals surface area contributed by atoms with Gasteiger partial charge in [-0.25, -0.2) is 5.06 Å². The second-order valence-electron chi connectivity index (χ2n) is 6.64. The van der Waals surface area contributed by atoms with Crippen molar-refractivity contribution in [3.8, 4) is 5.75 Å². The lowest BCUT2D eigenvalue weighted by atomic mass is 10.0. The van der Waals surface area contributed by atoms with E-state index in [-0.39, 0.29) is 24.9 Å². The van der Waals surface area contributed by atoms with Crippen LogP contribution in [0.15, 0.2) is 73.2 Å². The van der Waals surface area contributed by atoms with E-state index in [2.05, 4.69) is 11.3 Å². The fraction of sp³-hybridized carbons (Fsp3) is 0.292. The lowest BCUT2D eigenvalue weighted by Gasteiger charge is -2.19. The van der Waals surface area contributed by atoms with Crippen molar-refractivity contribution in [2.24, 2.45) is 0 Å². The SMILES string of the molecule is C=CCON(CC)C(=O)c1cccc(Cc2ccc(O/C=C(\OCC)C(F)(F)F)cc2)c1. The van der Waals surface area contributed by atoms with E-state index in [0.29, 0.717) is 24.8 Å². The van der Waals surface area contributed by atoms with E-state index in [1.54, 1.807) is 48.5 Å². The van der Waals surface area contributed by atoms with Crippen LogP contribution >= 0.6 is 0 Å². The number of hydrogen-bond donors (Lipinski definition) is 0. The molecule has 0 fully saturated rings. The van der Waals surface area contributed by atoms with Crippen molar-refractivity contribution < 1.29 is 32.3 Å². The minimum Gasteiger partial charge on any atom is -0.487 e. The molecule has 172 valence electrons. The van der Waals surface area contributed by atoms with E-state index in [1.165, 1.54) is 12.0 Å². The molecule has 1 amide bonds. The summed E-state index contributed by atoms with van der Waals surface area (Å²) in [4.78, 5) is 18.0. The number of carbonyl (C=O) groups excluding carboxylic acids is 1. The molecule has 0 bridgehead atoms. The Bertz CT molecular complexity index is 924. The summed E-state index contributed by atoms with van der Waals surface area (Å²) in [6, 6.07) is 13.8. The molecule has 2 rings (SSSR count). The maximum absolute atomic E-state index is 12.8. The third kappa shape index (κ3) is 7.46. The molecule has 0 N–H and O–H groups in total. The molecular weight excluding hydrogens is 423 g/mol. The third-order valence-electron chi connectivity index (χ3n) is 4.25. The zero-order chi connectivity index (χ0) is 23.6. The van der Waals surface area contributed by atoms with Crippen LogP contribution in [0.25, 0.3) is 0 Å². The van der Waals surface area contributed by atoms with Crippen LogP contribution in [0.2, 0.25) is 0 Å². The number of halogens is 3.